The minimum atomic E-state index is -2.51. The Kier molecular flexibility index (Phi) is 3.92. The van der Waals surface area contributed by atoms with Crippen molar-refractivity contribution in [3.63, 3.8) is 0 Å². The molecule has 1 aromatic rings. The number of hydrogen-bond acceptors (Lipinski definition) is 4. The van der Waals surface area contributed by atoms with E-state index in [4.69, 9.17) is 5.11 Å². The molecule has 0 amide bonds. The second-order valence-electron chi connectivity index (χ2n) is 4.77. The zero-order valence-corrected chi connectivity index (χ0v) is 10.3. The Hall–Kier alpha value is -1.79. The number of alkyl halides is 2. The number of carboxylic acid groups (broad SMARTS) is 1. The maximum Gasteiger partial charge on any atom is 0.356 e. The summed E-state index contributed by atoms with van der Waals surface area (Å²) in [7, 11) is 0. The lowest BCUT2D eigenvalue weighted by molar-refractivity contribution is -0.0443. The van der Waals surface area contributed by atoms with E-state index in [0.29, 0.717) is 25.2 Å². The number of nitrogens with one attached hydrogen (secondary N) is 1. The van der Waals surface area contributed by atoms with Crippen molar-refractivity contribution < 1.29 is 18.7 Å². The van der Waals surface area contributed by atoms with Gasteiger partial charge in [0.05, 0.1) is 12.4 Å². The number of carboxylic acids is 1. The van der Waals surface area contributed by atoms with E-state index in [1.165, 1.54) is 12.4 Å². The van der Waals surface area contributed by atoms with Gasteiger partial charge in [0.2, 0.25) is 5.92 Å². The van der Waals surface area contributed by atoms with Gasteiger partial charge in [-0.2, -0.15) is 0 Å². The first-order chi connectivity index (χ1) is 8.96. The van der Waals surface area contributed by atoms with Crippen LogP contribution in [0.25, 0.3) is 0 Å². The average Bonchev–Trinajstić information content (AvgIpc) is 2.38. The van der Waals surface area contributed by atoms with Crippen molar-refractivity contribution in [1.29, 1.82) is 0 Å². The molecule has 1 aromatic heterocycles. The molecule has 0 unspecified atom stereocenters. The van der Waals surface area contributed by atoms with Crippen molar-refractivity contribution in [1.82, 2.24) is 9.97 Å². The van der Waals surface area contributed by atoms with Gasteiger partial charge in [-0.05, 0) is 18.8 Å². The third-order valence-corrected chi connectivity index (χ3v) is 3.28. The quantitative estimate of drug-likeness (QED) is 0.879. The first-order valence-corrected chi connectivity index (χ1v) is 6.13. The number of rotatable bonds is 4. The van der Waals surface area contributed by atoms with Gasteiger partial charge in [0.25, 0.3) is 0 Å². The zero-order valence-electron chi connectivity index (χ0n) is 10.3. The Morgan fingerprint density at radius 2 is 2.05 bits per heavy atom. The summed E-state index contributed by atoms with van der Waals surface area (Å²) < 4.78 is 25.9. The van der Waals surface area contributed by atoms with E-state index < -0.39 is 11.9 Å². The van der Waals surface area contributed by atoms with E-state index in [0.717, 1.165) is 0 Å². The molecule has 0 radical (unpaired) electrons. The summed E-state index contributed by atoms with van der Waals surface area (Å²) in [6, 6.07) is 0. The molecule has 0 spiro atoms. The van der Waals surface area contributed by atoms with Crippen molar-refractivity contribution in [2.45, 2.75) is 31.6 Å². The van der Waals surface area contributed by atoms with Crippen LogP contribution in [0, 0.1) is 5.92 Å². The van der Waals surface area contributed by atoms with Gasteiger partial charge in [0.1, 0.15) is 5.82 Å². The second-order valence-corrected chi connectivity index (χ2v) is 4.77. The molecule has 2 N–H and O–H groups in total. The predicted octanol–water partition coefficient (Wildman–Crippen LogP) is 2.41. The van der Waals surface area contributed by atoms with E-state index in [1.807, 2.05) is 0 Å². The number of aromatic carboxylic acids is 1. The van der Waals surface area contributed by atoms with Crippen LogP contribution in [0.15, 0.2) is 12.4 Å². The SMILES string of the molecule is O=C(O)c1cnc(NCC2CCC(F)(F)CC2)cn1. The predicted molar refractivity (Wildman–Crippen MR) is 64.4 cm³/mol. The van der Waals surface area contributed by atoms with E-state index in [-0.39, 0.29) is 24.5 Å². The van der Waals surface area contributed by atoms with Gasteiger partial charge in [0.15, 0.2) is 5.69 Å². The topological polar surface area (TPSA) is 75.1 Å². The fraction of sp³-hybridized carbons (Fsp3) is 0.583. The van der Waals surface area contributed by atoms with Gasteiger partial charge < -0.3 is 10.4 Å². The highest BCUT2D eigenvalue weighted by Crippen LogP contribution is 2.35. The van der Waals surface area contributed by atoms with Crippen LogP contribution < -0.4 is 5.32 Å². The first kappa shape index (κ1) is 13.6. The summed E-state index contributed by atoms with van der Waals surface area (Å²) in [6.07, 6.45) is 3.34. The molecule has 5 nitrogen and oxygen atoms in total. The molecule has 1 heterocycles. The molecule has 1 aliphatic rings. The Bertz CT molecular complexity index is 441. The van der Waals surface area contributed by atoms with Crippen LogP contribution >= 0.6 is 0 Å². The molecule has 0 aliphatic heterocycles. The average molecular weight is 271 g/mol. The summed E-state index contributed by atoms with van der Waals surface area (Å²) in [4.78, 5) is 18.2. The van der Waals surface area contributed by atoms with Crippen molar-refractivity contribution in [3.8, 4) is 0 Å². The lowest BCUT2D eigenvalue weighted by Crippen LogP contribution is -2.28. The van der Waals surface area contributed by atoms with Gasteiger partial charge in [-0.3, -0.25) is 0 Å². The number of nitrogens with zero attached hydrogens (tertiary/aromatic N) is 2. The maximum atomic E-state index is 13.0. The maximum absolute atomic E-state index is 13.0. The van der Waals surface area contributed by atoms with Gasteiger partial charge in [0, 0.05) is 19.4 Å². The number of halogens is 2. The second kappa shape index (κ2) is 5.46. The molecule has 0 atom stereocenters. The first-order valence-electron chi connectivity index (χ1n) is 6.13. The molecule has 0 saturated heterocycles. The number of hydrogen-bond donors (Lipinski definition) is 2. The van der Waals surface area contributed by atoms with Crippen LogP contribution in [0.2, 0.25) is 0 Å². The molecule has 104 valence electrons. The minimum Gasteiger partial charge on any atom is -0.476 e. The van der Waals surface area contributed by atoms with Gasteiger partial charge in [-0.15, -0.1) is 0 Å². The summed E-state index contributed by atoms with van der Waals surface area (Å²) in [6.45, 7) is 0.553. The molecule has 19 heavy (non-hydrogen) atoms. The van der Waals surface area contributed by atoms with E-state index in [9.17, 15) is 13.6 Å². The van der Waals surface area contributed by atoms with Crippen LogP contribution in [-0.2, 0) is 0 Å². The van der Waals surface area contributed by atoms with Crippen molar-refractivity contribution in [2.24, 2.45) is 5.92 Å². The highest BCUT2D eigenvalue weighted by molar-refractivity contribution is 5.84. The zero-order chi connectivity index (χ0) is 13.9. The summed E-state index contributed by atoms with van der Waals surface area (Å²) in [5.74, 6) is -2.99. The Labute approximate surface area is 109 Å². The Morgan fingerprint density at radius 3 is 2.58 bits per heavy atom. The van der Waals surface area contributed by atoms with Gasteiger partial charge in [-0.25, -0.2) is 23.5 Å². The molecule has 1 fully saturated rings. The number of aromatic nitrogens is 2. The van der Waals surface area contributed by atoms with Crippen molar-refractivity contribution in [3.05, 3.63) is 18.1 Å². The van der Waals surface area contributed by atoms with Crippen LogP contribution in [0.3, 0.4) is 0 Å². The van der Waals surface area contributed by atoms with E-state index in [2.05, 4.69) is 15.3 Å². The Balaban J connectivity index is 1.81. The standard InChI is InChI=1S/C12H15F2N3O2/c13-12(14)3-1-8(2-4-12)5-16-10-7-15-9(6-17-10)11(18)19/h6-8H,1-5H2,(H,16,17)(H,18,19). The van der Waals surface area contributed by atoms with Gasteiger partial charge in [-0.1, -0.05) is 0 Å². The molecule has 2 rings (SSSR count). The monoisotopic (exact) mass is 271 g/mol. The largest absolute Gasteiger partial charge is 0.476 e. The third kappa shape index (κ3) is 3.84. The minimum absolute atomic E-state index is 0.0665. The molecule has 1 aliphatic carbocycles. The third-order valence-electron chi connectivity index (χ3n) is 3.28. The lowest BCUT2D eigenvalue weighted by atomic mass is 9.87. The molecular weight excluding hydrogens is 256 g/mol. The Morgan fingerprint density at radius 1 is 1.37 bits per heavy atom. The van der Waals surface area contributed by atoms with E-state index >= 15 is 0 Å². The molecule has 1 saturated carbocycles. The smallest absolute Gasteiger partial charge is 0.356 e. The molecule has 7 heteroatoms. The van der Waals surface area contributed by atoms with Crippen LogP contribution in [0.5, 0.6) is 0 Å². The highest BCUT2D eigenvalue weighted by atomic mass is 19.3. The van der Waals surface area contributed by atoms with Crippen LogP contribution in [-0.4, -0.2) is 33.5 Å². The summed E-state index contributed by atoms with van der Waals surface area (Å²) >= 11 is 0. The fourth-order valence-electron chi connectivity index (χ4n) is 2.08. The molecular formula is C12H15F2N3O2. The summed E-state index contributed by atoms with van der Waals surface area (Å²) in [5, 5.41) is 11.7. The van der Waals surface area contributed by atoms with Crippen molar-refractivity contribution in [2.75, 3.05) is 11.9 Å². The molecule has 0 bridgehead atoms. The fourth-order valence-corrected chi connectivity index (χ4v) is 2.08. The molecule has 0 aromatic carbocycles. The lowest BCUT2D eigenvalue weighted by Gasteiger charge is -2.28. The van der Waals surface area contributed by atoms with E-state index in [1.54, 1.807) is 0 Å². The van der Waals surface area contributed by atoms with Gasteiger partial charge >= 0.3 is 5.97 Å². The number of carbonyl (C=O) groups is 1. The van der Waals surface area contributed by atoms with Crippen LogP contribution in [0.4, 0.5) is 14.6 Å². The highest BCUT2D eigenvalue weighted by Gasteiger charge is 2.34. The number of anilines is 1. The summed E-state index contributed by atoms with van der Waals surface area (Å²) in [5.41, 5.74) is -0.122. The van der Waals surface area contributed by atoms with Crippen molar-refractivity contribution >= 4 is 11.8 Å². The van der Waals surface area contributed by atoms with Crippen LogP contribution in [0.1, 0.15) is 36.2 Å². The normalized spacial score (nSPS) is 19.1.